The van der Waals surface area contributed by atoms with Crippen LogP contribution in [0.3, 0.4) is 0 Å². The molecule has 1 aliphatic heterocycles. The maximum absolute atomic E-state index is 12.5. The molecule has 0 saturated carbocycles. The molecule has 3 aromatic rings. The Morgan fingerprint density at radius 1 is 1.22 bits per heavy atom. The summed E-state index contributed by atoms with van der Waals surface area (Å²) in [4.78, 5) is 23.5. The minimum absolute atomic E-state index is 0.162. The molecule has 0 unspecified atom stereocenters. The van der Waals surface area contributed by atoms with Gasteiger partial charge in [-0.05, 0) is 24.6 Å². The zero-order valence-electron chi connectivity index (χ0n) is 15.5. The van der Waals surface area contributed by atoms with Crippen molar-refractivity contribution in [3.05, 3.63) is 47.4 Å². The van der Waals surface area contributed by atoms with Gasteiger partial charge in [-0.2, -0.15) is 5.10 Å². The van der Waals surface area contributed by atoms with Gasteiger partial charge in [0.1, 0.15) is 5.82 Å². The van der Waals surface area contributed by atoms with Gasteiger partial charge in [0.15, 0.2) is 5.65 Å². The lowest BCUT2D eigenvalue weighted by Gasteiger charge is -2.27. The average Bonchev–Trinajstić information content (AvgIpc) is 3.00. The maximum atomic E-state index is 12.5. The number of anilines is 1. The van der Waals surface area contributed by atoms with E-state index >= 15 is 0 Å². The molecule has 0 aromatic carbocycles. The van der Waals surface area contributed by atoms with Crippen molar-refractivity contribution >= 4 is 22.8 Å². The number of aromatic nitrogens is 4. The minimum atomic E-state index is -0.162. The lowest BCUT2D eigenvalue weighted by Crippen LogP contribution is -2.36. The van der Waals surface area contributed by atoms with Crippen LogP contribution in [-0.4, -0.2) is 52.0 Å². The standard InChI is InChI=1S/C19H22N6O2/c1-13-16-9-15(12-21-18(16)24(2)23-13)19(26)22-11-14-3-4-17(20-10-14)25-5-7-27-8-6-25/h3-4,9-10,12H,5-8,11H2,1-2H3,(H,22,26). The van der Waals surface area contributed by atoms with Crippen molar-refractivity contribution in [1.29, 1.82) is 0 Å². The molecule has 4 heterocycles. The van der Waals surface area contributed by atoms with Gasteiger partial charge in [0, 0.05) is 44.5 Å². The highest BCUT2D eigenvalue weighted by molar-refractivity contribution is 5.97. The predicted octanol–water partition coefficient (Wildman–Crippen LogP) is 1.44. The zero-order valence-corrected chi connectivity index (χ0v) is 15.5. The van der Waals surface area contributed by atoms with E-state index in [1.807, 2.05) is 32.2 Å². The van der Waals surface area contributed by atoms with Crippen LogP contribution in [0.5, 0.6) is 0 Å². The number of morpholine rings is 1. The van der Waals surface area contributed by atoms with Gasteiger partial charge in [0.2, 0.25) is 0 Å². The molecule has 1 saturated heterocycles. The van der Waals surface area contributed by atoms with Crippen LogP contribution in [0, 0.1) is 6.92 Å². The van der Waals surface area contributed by atoms with Crippen molar-refractivity contribution in [2.45, 2.75) is 13.5 Å². The molecule has 0 atom stereocenters. The fourth-order valence-electron chi connectivity index (χ4n) is 3.22. The third kappa shape index (κ3) is 3.61. The van der Waals surface area contributed by atoms with Gasteiger partial charge in [-0.25, -0.2) is 9.97 Å². The van der Waals surface area contributed by atoms with Crippen LogP contribution in [-0.2, 0) is 18.3 Å². The summed E-state index contributed by atoms with van der Waals surface area (Å²) in [5.41, 5.74) is 3.10. The highest BCUT2D eigenvalue weighted by Crippen LogP contribution is 2.17. The molecule has 140 valence electrons. The van der Waals surface area contributed by atoms with Gasteiger partial charge in [0.05, 0.1) is 24.5 Å². The molecule has 3 aromatic heterocycles. The highest BCUT2D eigenvalue weighted by Gasteiger charge is 2.13. The van der Waals surface area contributed by atoms with Gasteiger partial charge < -0.3 is 15.0 Å². The van der Waals surface area contributed by atoms with Gasteiger partial charge in [0.25, 0.3) is 5.91 Å². The predicted molar refractivity (Wildman–Crippen MR) is 102 cm³/mol. The Hall–Kier alpha value is -3.00. The van der Waals surface area contributed by atoms with Crippen LogP contribution < -0.4 is 10.2 Å². The number of ether oxygens (including phenoxy) is 1. The summed E-state index contributed by atoms with van der Waals surface area (Å²) >= 11 is 0. The van der Waals surface area contributed by atoms with Crippen LogP contribution in [0.1, 0.15) is 21.6 Å². The average molecular weight is 366 g/mol. The second-order valence-electron chi connectivity index (χ2n) is 6.61. The fraction of sp³-hybridized carbons (Fsp3) is 0.368. The number of fused-ring (bicyclic) bond motifs is 1. The third-order valence-electron chi connectivity index (χ3n) is 4.72. The molecule has 1 N–H and O–H groups in total. The second-order valence-corrected chi connectivity index (χ2v) is 6.61. The van der Waals surface area contributed by atoms with Crippen molar-refractivity contribution in [2.24, 2.45) is 7.05 Å². The van der Waals surface area contributed by atoms with Crippen molar-refractivity contribution in [3.8, 4) is 0 Å². The zero-order chi connectivity index (χ0) is 18.8. The third-order valence-corrected chi connectivity index (χ3v) is 4.72. The summed E-state index contributed by atoms with van der Waals surface area (Å²) in [5.74, 6) is 0.778. The van der Waals surface area contributed by atoms with Crippen LogP contribution in [0.4, 0.5) is 5.82 Å². The van der Waals surface area contributed by atoms with Gasteiger partial charge in [-0.3, -0.25) is 9.48 Å². The van der Waals surface area contributed by atoms with E-state index in [9.17, 15) is 4.79 Å². The number of carbonyl (C=O) groups is 1. The summed E-state index contributed by atoms with van der Waals surface area (Å²) in [6, 6.07) is 5.81. The number of carbonyl (C=O) groups excluding carboxylic acids is 1. The van der Waals surface area contributed by atoms with E-state index in [4.69, 9.17) is 4.74 Å². The van der Waals surface area contributed by atoms with Crippen molar-refractivity contribution in [3.63, 3.8) is 0 Å². The lowest BCUT2D eigenvalue weighted by molar-refractivity contribution is 0.0950. The SMILES string of the molecule is Cc1nn(C)c2ncc(C(=O)NCc3ccc(N4CCOCC4)nc3)cc12. The Kier molecular flexibility index (Phi) is 4.72. The monoisotopic (exact) mass is 366 g/mol. The Morgan fingerprint density at radius 2 is 2.04 bits per heavy atom. The van der Waals surface area contributed by atoms with Crippen LogP contribution in [0.25, 0.3) is 11.0 Å². The molecule has 0 spiro atoms. The maximum Gasteiger partial charge on any atom is 0.253 e. The Balaban J connectivity index is 1.41. The lowest BCUT2D eigenvalue weighted by atomic mass is 10.2. The summed E-state index contributed by atoms with van der Waals surface area (Å²) in [6.45, 7) is 5.49. The van der Waals surface area contributed by atoms with E-state index in [-0.39, 0.29) is 5.91 Å². The normalized spacial score (nSPS) is 14.5. The smallest absolute Gasteiger partial charge is 0.253 e. The van der Waals surface area contributed by atoms with Crippen molar-refractivity contribution < 1.29 is 9.53 Å². The van der Waals surface area contributed by atoms with Gasteiger partial charge in [-0.1, -0.05) is 6.07 Å². The number of pyridine rings is 2. The fourth-order valence-corrected chi connectivity index (χ4v) is 3.22. The van der Waals surface area contributed by atoms with Crippen molar-refractivity contribution in [2.75, 3.05) is 31.2 Å². The Morgan fingerprint density at radius 3 is 2.78 bits per heavy atom. The van der Waals surface area contributed by atoms with Gasteiger partial charge in [-0.15, -0.1) is 0 Å². The van der Waals surface area contributed by atoms with Crippen LogP contribution in [0.2, 0.25) is 0 Å². The summed E-state index contributed by atoms with van der Waals surface area (Å²) < 4.78 is 7.08. The second kappa shape index (κ2) is 7.32. The number of nitrogens with zero attached hydrogens (tertiary/aromatic N) is 5. The molecule has 0 bridgehead atoms. The first-order valence-electron chi connectivity index (χ1n) is 8.97. The molecule has 1 amide bonds. The summed E-state index contributed by atoms with van der Waals surface area (Å²) in [7, 11) is 1.84. The molecule has 0 radical (unpaired) electrons. The van der Waals surface area contributed by atoms with E-state index in [1.165, 1.54) is 0 Å². The first-order chi connectivity index (χ1) is 13.1. The quantitative estimate of drug-likeness (QED) is 0.752. The van der Waals surface area contributed by atoms with Crippen molar-refractivity contribution in [1.82, 2.24) is 25.1 Å². The number of hydrogen-bond acceptors (Lipinski definition) is 6. The number of rotatable bonds is 4. The van der Waals surface area contributed by atoms with Crippen LogP contribution >= 0.6 is 0 Å². The molecule has 0 aliphatic carbocycles. The summed E-state index contributed by atoms with van der Waals surface area (Å²) in [5, 5.41) is 8.15. The number of hydrogen-bond donors (Lipinski definition) is 1. The molecular weight excluding hydrogens is 344 g/mol. The first-order valence-corrected chi connectivity index (χ1v) is 8.97. The topological polar surface area (TPSA) is 85.2 Å². The van der Waals surface area contributed by atoms with E-state index in [1.54, 1.807) is 17.1 Å². The number of aryl methyl sites for hydroxylation is 2. The Bertz CT molecular complexity index is 960. The number of amides is 1. The largest absolute Gasteiger partial charge is 0.378 e. The molecule has 27 heavy (non-hydrogen) atoms. The molecule has 1 aliphatic rings. The van der Waals surface area contributed by atoms with E-state index in [0.29, 0.717) is 12.1 Å². The van der Waals surface area contributed by atoms with E-state index < -0.39 is 0 Å². The molecule has 1 fully saturated rings. The van der Waals surface area contributed by atoms with Crippen LogP contribution in [0.15, 0.2) is 30.6 Å². The minimum Gasteiger partial charge on any atom is -0.378 e. The van der Waals surface area contributed by atoms with E-state index in [0.717, 1.165) is 54.4 Å². The van der Waals surface area contributed by atoms with Gasteiger partial charge >= 0.3 is 0 Å². The molecule has 8 nitrogen and oxygen atoms in total. The number of nitrogens with one attached hydrogen (secondary N) is 1. The first kappa shape index (κ1) is 17.4. The molecule has 4 rings (SSSR count). The highest BCUT2D eigenvalue weighted by atomic mass is 16.5. The molecular formula is C19H22N6O2. The van der Waals surface area contributed by atoms with E-state index in [2.05, 4.69) is 25.3 Å². The molecule has 8 heteroatoms. The Labute approximate surface area is 157 Å². The summed E-state index contributed by atoms with van der Waals surface area (Å²) in [6.07, 6.45) is 3.39.